The Hall–Kier alpha value is -1.85. The first-order valence-corrected chi connectivity index (χ1v) is 4.81. The number of hydrogen-bond donors (Lipinski definition) is 0. The minimum atomic E-state index is 0.212. The first-order valence-electron chi connectivity index (χ1n) is 4.81. The number of hydrogen-bond acceptors (Lipinski definition) is 4. The second-order valence-corrected chi connectivity index (χ2v) is 3.42. The van der Waals surface area contributed by atoms with E-state index in [0.29, 0.717) is 18.9 Å². The van der Waals surface area contributed by atoms with Gasteiger partial charge >= 0.3 is 0 Å². The summed E-state index contributed by atoms with van der Waals surface area (Å²) in [6.07, 6.45) is 3.32. The van der Waals surface area contributed by atoms with Crippen molar-refractivity contribution < 1.29 is 4.74 Å². The molecular formula is C10H10N4O. The first kappa shape index (κ1) is 9.70. The number of rotatable bonds is 1. The number of ether oxygens (including phenoxy) is 1. The average Bonchev–Trinajstić information content (AvgIpc) is 2.72. The van der Waals surface area contributed by atoms with Crippen LogP contribution in [0.15, 0.2) is 6.33 Å². The lowest BCUT2D eigenvalue weighted by atomic mass is 10.1. The zero-order chi connectivity index (χ0) is 10.7. The van der Waals surface area contributed by atoms with Crippen molar-refractivity contribution in [2.75, 3.05) is 13.2 Å². The van der Waals surface area contributed by atoms with Crippen molar-refractivity contribution in [2.24, 2.45) is 0 Å². The van der Waals surface area contributed by atoms with Gasteiger partial charge < -0.3 is 9.30 Å². The fraction of sp³-hybridized carbons (Fsp3) is 0.500. The minimum absolute atomic E-state index is 0.212. The molecule has 1 aromatic rings. The molecule has 0 N–H and O–H groups in total. The van der Waals surface area contributed by atoms with Gasteiger partial charge in [0.15, 0.2) is 11.4 Å². The molecule has 5 nitrogen and oxygen atoms in total. The van der Waals surface area contributed by atoms with E-state index in [9.17, 15) is 0 Å². The predicted molar refractivity (Wildman–Crippen MR) is 50.7 cm³/mol. The summed E-state index contributed by atoms with van der Waals surface area (Å²) in [7, 11) is 0. The zero-order valence-electron chi connectivity index (χ0n) is 8.18. The van der Waals surface area contributed by atoms with E-state index in [4.69, 9.17) is 15.3 Å². The minimum Gasteiger partial charge on any atom is -0.381 e. The van der Waals surface area contributed by atoms with Crippen LogP contribution < -0.4 is 0 Å². The second-order valence-electron chi connectivity index (χ2n) is 3.42. The van der Waals surface area contributed by atoms with Crippen LogP contribution in [0, 0.1) is 22.7 Å². The summed E-state index contributed by atoms with van der Waals surface area (Å²) in [4.78, 5) is 3.92. The molecule has 0 atom stereocenters. The van der Waals surface area contributed by atoms with Crippen LogP contribution in [0.1, 0.15) is 30.3 Å². The molecule has 0 radical (unpaired) electrons. The van der Waals surface area contributed by atoms with E-state index in [0.717, 1.165) is 12.8 Å². The Balaban J connectivity index is 2.32. The molecule has 1 aromatic heterocycles. The highest BCUT2D eigenvalue weighted by molar-refractivity contribution is 5.36. The molecule has 0 saturated carbocycles. The summed E-state index contributed by atoms with van der Waals surface area (Å²) in [5.74, 6) is 0. The third-order valence-corrected chi connectivity index (χ3v) is 2.59. The van der Waals surface area contributed by atoms with Crippen LogP contribution in [0.3, 0.4) is 0 Å². The van der Waals surface area contributed by atoms with Gasteiger partial charge in [0.25, 0.3) is 0 Å². The molecular weight excluding hydrogens is 192 g/mol. The van der Waals surface area contributed by atoms with E-state index in [2.05, 4.69) is 4.98 Å². The number of imidazole rings is 1. The molecule has 1 saturated heterocycles. The smallest absolute Gasteiger partial charge is 0.176 e. The molecule has 0 aromatic carbocycles. The van der Waals surface area contributed by atoms with Gasteiger partial charge in [-0.3, -0.25) is 0 Å². The Bertz CT molecular complexity index is 431. The van der Waals surface area contributed by atoms with E-state index >= 15 is 0 Å². The van der Waals surface area contributed by atoms with Gasteiger partial charge in [0, 0.05) is 19.3 Å². The number of nitriles is 2. The molecule has 0 bridgehead atoms. The highest BCUT2D eigenvalue weighted by Gasteiger charge is 2.20. The molecule has 0 amide bonds. The van der Waals surface area contributed by atoms with Gasteiger partial charge in [-0.05, 0) is 12.8 Å². The Morgan fingerprint density at radius 3 is 2.67 bits per heavy atom. The molecule has 76 valence electrons. The van der Waals surface area contributed by atoms with Crippen molar-refractivity contribution in [3.8, 4) is 12.1 Å². The molecule has 0 unspecified atom stereocenters. The van der Waals surface area contributed by atoms with Gasteiger partial charge in [-0.1, -0.05) is 0 Å². The maximum absolute atomic E-state index is 8.96. The fourth-order valence-corrected chi connectivity index (χ4v) is 1.79. The topological polar surface area (TPSA) is 74.6 Å². The number of nitrogens with zero attached hydrogens (tertiary/aromatic N) is 4. The molecule has 1 fully saturated rings. The highest BCUT2D eigenvalue weighted by Crippen LogP contribution is 2.23. The Morgan fingerprint density at radius 2 is 2.07 bits per heavy atom. The summed E-state index contributed by atoms with van der Waals surface area (Å²) >= 11 is 0. The van der Waals surface area contributed by atoms with E-state index in [1.807, 2.05) is 12.1 Å². The second kappa shape index (κ2) is 4.12. The van der Waals surface area contributed by atoms with Crippen LogP contribution in [0.2, 0.25) is 0 Å². The SMILES string of the molecule is N#Cc1ncn(C2CCOCC2)c1C#N. The van der Waals surface area contributed by atoms with Crippen LogP contribution in [-0.4, -0.2) is 22.8 Å². The highest BCUT2D eigenvalue weighted by atomic mass is 16.5. The van der Waals surface area contributed by atoms with Crippen molar-refractivity contribution in [2.45, 2.75) is 18.9 Å². The van der Waals surface area contributed by atoms with Crippen LogP contribution in [-0.2, 0) is 4.74 Å². The zero-order valence-corrected chi connectivity index (χ0v) is 8.18. The van der Waals surface area contributed by atoms with Crippen LogP contribution >= 0.6 is 0 Å². The van der Waals surface area contributed by atoms with Crippen LogP contribution in [0.5, 0.6) is 0 Å². The summed E-state index contributed by atoms with van der Waals surface area (Å²) in [6.45, 7) is 1.41. The lowest BCUT2D eigenvalue weighted by Gasteiger charge is -2.23. The molecule has 5 heteroatoms. The van der Waals surface area contributed by atoms with Gasteiger partial charge in [-0.25, -0.2) is 4.98 Å². The van der Waals surface area contributed by atoms with E-state index in [1.165, 1.54) is 0 Å². The van der Waals surface area contributed by atoms with Crippen LogP contribution in [0.25, 0.3) is 0 Å². The van der Waals surface area contributed by atoms with E-state index in [1.54, 1.807) is 10.9 Å². The summed E-state index contributed by atoms with van der Waals surface area (Å²) in [6, 6.07) is 4.19. The van der Waals surface area contributed by atoms with Crippen molar-refractivity contribution in [1.29, 1.82) is 10.5 Å². The molecule has 2 rings (SSSR count). The quantitative estimate of drug-likeness (QED) is 0.680. The first-order chi connectivity index (χ1) is 7.36. The van der Waals surface area contributed by atoms with Gasteiger partial charge in [-0.15, -0.1) is 0 Å². The monoisotopic (exact) mass is 202 g/mol. The molecule has 1 aliphatic rings. The van der Waals surface area contributed by atoms with Gasteiger partial charge in [-0.2, -0.15) is 10.5 Å². The lowest BCUT2D eigenvalue weighted by Crippen LogP contribution is -2.20. The fourth-order valence-electron chi connectivity index (χ4n) is 1.79. The van der Waals surface area contributed by atoms with Crippen molar-refractivity contribution in [3.63, 3.8) is 0 Å². The Kier molecular flexibility index (Phi) is 2.66. The predicted octanol–water partition coefficient (Wildman–Crippen LogP) is 0.978. The van der Waals surface area contributed by atoms with Gasteiger partial charge in [0.05, 0.1) is 6.33 Å². The molecule has 1 aliphatic heterocycles. The summed E-state index contributed by atoms with van der Waals surface area (Å²) < 4.78 is 7.04. The third-order valence-electron chi connectivity index (χ3n) is 2.59. The largest absolute Gasteiger partial charge is 0.381 e. The maximum atomic E-state index is 8.96. The van der Waals surface area contributed by atoms with Crippen molar-refractivity contribution in [3.05, 3.63) is 17.7 Å². The summed E-state index contributed by atoms with van der Waals surface area (Å²) in [5.41, 5.74) is 0.577. The Morgan fingerprint density at radius 1 is 1.33 bits per heavy atom. The molecule has 15 heavy (non-hydrogen) atoms. The normalized spacial score (nSPS) is 16.9. The van der Waals surface area contributed by atoms with E-state index < -0.39 is 0 Å². The van der Waals surface area contributed by atoms with Crippen molar-refractivity contribution in [1.82, 2.24) is 9.55 Å². The van der Waals surface area contributed by atoms with Crippen LogP contribution in [0.4, 0.5) is 0 Å². The lowest BCUT2D eigenvalue weighted by molar-refractivity contribution is 0.0693. The average molecular weight is 202 g/mol. The van der Waals surface area contributed by atoms with Gasteiger partial charge in [0.2, 0.25) is 0 Å². The molecule has 0 spiro atoms. The third kappa shape index (κ3) is 1.70. The van der Waals surface area contributed by atoms with Gasteiger partial charge in [0.1, 0.15) is 12.1 Å². The molecule has 2 heterocycles. The van der Waals surface area contributed by atoms with Crippen molar-refractivity contribution >= 4 is 0 Å². The molecule has 0 aliphatic carbocycles. The Labute approximate surface area is 87.5 Å². The van der Waals surface area contributed by atoms with E-state index in [-0.39, 0.29) is 11.7 Å². The number of aromatic nitrogens is 2. The standard InChI is InChI=1S/C10H10N4O/c11-5-9-10(6-12)14(7-13-9)8-1-3-15-4-2-8/h7-8H,1-4H2. The summed E-state index contributed by atoms with van der Waals surface area (Å²) in [5, 5.41) is 17.7. The maximum Gasteiger partial charge on any atom is 0.176 e.